The van der Waals surface area contributed by atoms with Gasteiger partial charge in [-0.05, 0) is 53.6 Å². The summed E-state index contributed by atoms with van der Waals surface area (Å²) >= 11 is 1.36. The number of hydrogen-bond acceptors (Lipinski definition) is 6. The monoisotopic (exact) mass is 351 g/mol. The third-order valence-corrected chi connectivity index (χ3v) is 4.71. The van der Waals surface area contributed by atoms with Crippen LogP contribution >= 0.6 is 11.8 Å². The van der Waals surface area contributed by atoms with Gasteiger partial charge in [0.05, 0.1) is 18.9 Å². The fourth-order valence-corrected chi connectivity index (χ4v) is 3.23. The van der Waals surface area contributed by atoms with Crippen LogP contribution in [0.25, 0.3) is 5.69 Å². The first-order valence-electron chi connectivity index (χ1n) is 7.74. The van der Waals surface area contributed by atoms with Crippen molar-refractivity contribution in [3.8, 4) is 17.5 Å². The third-order valence-electron chi connectivity index (χ3n) is 3.69. The van der Waals surface area contributed by atoms with E-state index in [2.05, 4.69) is 33.7 Å². The van der Waals surface area contributed by atoms with E-state index in [1.54, 1.807) is 11.8 Å². The summed E-state index contributed by atoms with van der Waals surface area (Å²) in [6.45, 7) is 2.04. The Balaban J connectivity index is 1.76. The van der Waals surface area contributed by atoms with Crippen LogP contribution in [0, 0.1) is 18.3 Å². The molecule has 0 amide bonds. The summed E-state index contributed by atoms with van der Waals surface area (Å²) in [6.07, 6.45) is 0.636. The number of methoxy groups -OCH3 is 1. The molecule has 3 rings (SSSR count). The van der Waals surface area contributed by atoms with E-state index in [1.165, 1.54) is 17.3 Å². The topological polar surface area (TPSA) is 76.6 Å². The van der Waals surface area contributed by atoms with E-state index in [-0.39, 0.29) is 5.25 Å². The van der Waals surface area contributed by atoms with Crippen LogP contribution in [0.5, 0.6) is 5.75 Å². The van der Waals surface area contributed by atoms with Gasteiger partial charge in [-0.3, -0.25) is 0 Å². The number of benzene rings is 2. The molecule has 0 unspecified atom stereocenters. The van der Waals surface area contributed by atoms with Crippen molar-refractivity contribution < 1.29 is 4.74 Å². The highest BCUT2D eigenvalue weighted by molar-refractivity contribution is 8.00. The molecule has 0 bridgehead atoms. The second-order valence-corrected chi connectivity index (χ2v) is 6.67. The highest BCUT2D eigenvalue weighted by Crippen LogP contribution is 2.26. The molecule has 1 atom stereocenters. The number of tetrazole rings is 1. The van der Waals surface area contributed by atoms with Crippen LogP contribution < -0.4 is 4.74 Å². The zero-order chi connectivity index (χ0) is 17.6. The van der Waals surface area contributed by atoms with Gasteiger partial charge in [0.1, 0.15) is 11.0 Å². The van der Waals surface area contributed by atoms with E-state index in [0.717, 1.165) is 17.0 Å². The second-order valence-electron chi connectivity index (χ2n) is 5.50. The molecular weight excluding hydrogens is 334 g/mol. The van der Waals surface area contributed by atoms with Crippen molar-refractivity contribution in [2.45, 2.75) is 23.8 Å². The summed E-state index contributed by atoms with van der Waals surface area (Å²) in [5.74, 6) is 0.764. The second kappa shape index (κ2) is 7.81. The van der Waals surface area contributed by atoms with E-state index < -0.39 is 0 Å². The van der Waals surface area contributed by atoms with Crippen molar-refractivity contribution in [2.24, 2.45) is 0 Å². The fraction of sp³-hybridized carbons (Fsp3) is 0.222. The van der Waals surface area contributed by atoms with Gasteiger partial charge in [0.25, 0.3) is 0 Å². The van der Waals surface area contributed by atoms with Crippen molar-refractivity contribution >= 4 is 11.8 Å². The summed E-state index contributed by atoms with van der Waals surface area (Å²) in [5, 5.41) is 21.7. The first-order valence-corrected chi connectivity index (χ1v) is 8.62. The maximum atomic E-state index is 9.51. The Kier molecular flexibility index (Phi) is 5.31. The van der Waals surface area contributed by atoms with Crippen LogP contribution in [0.4, 0.5) is 0 Å². The van der Waals surface area contributed by atoms with E-state index in [0.29, 0.717) is 11.6 Å². The standard InChI is InChI=1S/C18H17N5OS/c1-13-3-5-14(6-4-13)11-17(12-19)25-18-20-21-22-23(18)15-7-9-16(24-2)10-8-15/h3-10,17H,11H2,1-2H3/t17-/m0/s1. The molecule has 0 N–H and O–H groups in total. The summed E-state index contributed by atoms with van der Waals surface area (Å²) in [7, 11) is 1.62. The molecule has 0 spiro atoms. The Morgan fingerprint density at radius 1 is 1.16 bits per heavy atom. The van der Waals surface area contributed by atoms with E-state index in [9.17, 15) is 5.26 Å². The number of aryl methyl sites for hydroxylation is 1. The summed E-state index contributed by atoms with van der Waals surface area (Å²) < 4.78 is 6.79. The van der Waals surface area contributed by atoms with Crippen LogP contribution in [0.2, 0.25) is 0 Å². The Hall–Kier alpha value is -2.85. The molecule has 25 heavy (non-hydrogen) atoms. The first kappa shape index (κ1) is 17.0. The van der Waals surface area contributed by atoms with Crippen LogP contribution in [0.1, 0.15) is 11.1 Å². The molecule has 0 saturated carbocycles. The lowest BCUT2D eigenvalue weighted by atomic mass is 10.1. The van der Waals surface area contributed by atoms with Crippen LogP contribution in [-0.2, 0) is 6.42 Å². The Morgan fingerprint density at radius 2 is 1.88 bits per heavy atom. The number of nitrogens with zero attached hydrogens (tertiary/aromatic N) is 5. The molecule has 1 heterocycles. The molecule has 126 valence electrons. The van der Waals surface area contributed by atoms with Crippen molar-refractivity contribution in [3.05, 3.63) is 59.7 Å². The first-order chi connectivity index (χ1) is 12.2. The number of ether oxygens (including phenoxy) is 1. The van der Waals surface area contributed by atoms with Crippen LogP contribution in [0.15, 0.2) is 53.7 Å². The van der Waals surface area contributed by atoms with Gasteiger partial charge >= 0.3 is 0 Å². The zero-order valence-corrected chi connectivity index (χ0v) is 14.8. The molecule has 3 aromatic rings. The van der Waals surface area contributed by atoms with E-state index in [4.69, 9.17) is 4.74 Å². The quantitative estimate of drug-likeness (QED) is 0.635. The van der Waals surface area contributed by atoms with Crippen LogP contribution in [0.3, 0.4) is 0 Å². The summed E-state index contributed by atoms with van der Waals surface area (Å²) in [6, 6.07) is 18.0. The van der Waals surface area contributed by atoms with Gasteiger partial charge in [0.15, 0.2) is 0 Å². The van der Waals surface area contributed by atoms with Gasteiger partial charge in [-0.25, -0.2) is 0 Å². The maximum Gasteiger partial charge on any atom is 0.215 e. The van der Waals surface area contributed by atoms with Crippen molar-refractivity contribution in [1.82, 2.24) is 20.2 Å². The predicted molar refractivity (Wildman–Crippen MR) is 95.8 cm³/mol. The minimum Gasteiger partial charge on any atom is -0.497 e. The molecular formula is C18H17N5OS. The lowest BCUT2D eigenvalue weighted by Crippen LogP contribution is -2.07. The lowest BCUT2D eigenvalue weighted by Gasteiger charge is -2.09. The molecule has 0 aliphatic rings. The molecule has 0 aliphatic carbocycles. The average molecular weight is 351 g/mol. The molecule has 1 aromatic heterocycles. The summed E-state index contributed by atoms with van der Waals surface area (Å²) in [5.41, 5.74) is 3.14. The number of hydrogen-bond donors (Lipinski definition) is 0. The predicted octanol–water partition coefficient (Wildman–Crippen LogP) is 3.21. The van der Waals surface area contributed by atoms with Gasteiger partial charge in [0.2, 0.25) is 5.16 Å². The molecule has 2 aromatic carbocycles. The van der Waals surface area contributed by atoms with Gasteiger partial charge in [-0.15, -0.1) is 5.10 Å². The normalized spacial score (nSPS) is 11.7. The maximum absolute atomic E-state index is 9.51. The van der Waals surface area contributed by atoms with E-state index in [1.807, 2.05) is 43.3 Å². The third kappa shape index (κ3) is 4.17. The van der Waals surface area contributed by atoms with Crippen molar-refractivity contribution in [2.75, 3.05) is 7.11 Å². The number of thioether (sulfide) groups is 1. The zero-order valence-electron chi connectivity index (χ0n) is 14.0. The van der Waals surface area contributed by atoms with Gasteiger partial charge in [-0.1, -0.05) is 41.6 Å². The van der Waals surface area contributed by atoms with Crippen molar-refractivity contribution in [3.63, 3.8) is 0 Å². The lowest BCUT2D eigenvalue weighted by molar-refractivity contribution is 0.414. The number of aromatic nitrogens is 4. The number of rotatable bonds is 6. The highest BCUT2D eigenvalue weighted by Gasteiger charge is 2.17. The SMILES string of the molecule is COc1ccc(-n2nnnc2S[C@H](C#N)Cc2ccc(C)cc2)cc1. The van der Waals surface area contributed by atoms with Crippen molar-refractivity contribution in [1.29, 1.82) is 5.26 Å². The Labute approximate surface area is 150 Å². The fourth-order valence-electron chi connectivity index (χ4n) is 2.32. The highest BCUT2D eigenvalue weighted by atomic mass is 32.2. The minimum atomic E-state index is -0.272. The minimum absolute atomic E-state index is 0.272. The van der Waals surface area contributed by atoms with Gasteiger partial charge in [0, 0.05) is 0 Å². The van der Waals surface area contributed by atoms with Gasteiger partial charge < -0.3 is 4.74 Å². The Morgan fingerprint density at radius 3 is 2.52 bits per heavy atom. The van der Waals surface area contributed by atoms with E-state index >= 15 is 0 Å². The Bertz CT molecular complexity index is 868. The molecule has 6 nitrogen and oxygen atoms in total. The molecule has 0 radical (unpaired) electrons. The molecule has 0 saturated heterocycles. The largest absolute Gasteiger partial charge is 0.497 e. The van der Waals surface area contributed by atoms with Gasteiger partial charge in [-0.2, -0.15) is 9.94 Å². The average Bonchev–Trinajstić information content (AvgIpc) is 3.11. The molecule has 7 heteroatoms. The number of nitriles is 1. The molecule has 0 aliphatic heterocycles. The van der Waals surface area contributed by atoms with Crippen LogP contribution in [-0.4, -0.2) is 32.6 Å². The smallest absolute Gasteiger partial charge is 0.215 e. The molecule has 0 fully saturated rings. The summed E-state index contributed by atoms with van der Waals surface area (Å²) in [4.78, 5) is 0.